The van der Waals surface area contributed by atoms with Gasteiger partial charge in [0.2, 0.25) is 0 Å². The van der Waals surface area contributed by atoms with Gasteiger partial charge in [-0.3, -0.25) is 0 Å². The Bertz CT molecular complexity index is 703. The van der Waals surface area contributed by atoms with Gasteiger partial charge in [-0.15, -0.1) is 0 Å². The van der Waals surface area contributed by atoms with Crippen molar-refractivity contribution in [3.63, 3.8) is 0 Å². The molecule has 1 aliphatic carbocycles. The van der Waals surface area contributed by atoms with Crippen molar-refractivity contribution in [1.29, 1.82) is 0 Å². The summed E-state index contributed by atoms with van der Waals surface area (Å²) >= 11 is 2.61. The minimum atomic E-state index is 0.129. The molecular formula is C23H30IN. The second-order valence-electron chi connectivity index (χ2n) is 7.99. The summed E-state index contributed by atoms with van der Waals surface area (Å²) in [6.45, 7) is 10.2. The summed E-state index contributed by atoms with van der Waals surface area (Å²) in [4.78, 5) is 0. The molecule has 0 radical (unpaired) electrons. The van der Waals surface area contributed by atoms with Crippen LogP contribution >= 0.6 is 22.6 Å². The van der Waals surface area contributed by atoms with Gasteiger partial charge >= 0.3 is 0 Å². The molecule has 0 amide bonds. The van der Waals surface area contributed by atoms with E-state index < -0.39 is 0 Å². The monoisotopic (exact) mass is 447 g/mol. The zero-order valence-electron chi connectivity index (χ0n) is 16.1. The topological polar surface area (TPSA) is 12.0 Å². The van der Waals surface area contributed by atoms with Gasteiger partial charge in [-0.25, -0.2) is 0 Å². The molecule has 1 aliphatic rings. The lowest BCUT2D eigenvalue weighted by atomic mass is 9.76. The third kappa shape index (κ3) is 3.16. The first-order chi connectivity index (χ1) is 11.9. The minimum absolute atomic E-state index is 0.129. The first-order valence-electron chi connectivity index (χ1n) is 9.44. The molecule has 0 fully saturated rings. The van der Waals surface area contributed by atoms with E-state index in [0.29, 0.717) is 11.8 Å². The summed E-state index contributed by atoms with van der Waals surface area (Å²) in [6.07, 6.45) is 1.15. The van der Waals surface area contributed by atoms with Crippen molar-refractivity contribution in [2.45, 2.75) is 51.4 Å². The molecule has 0 spiro atoms. The van der Waals surface area contributed by atoms with Gasteiger partial charge in [0.1, 0.15) is 0 Å². The zero-order valence-corrected chi connectivity index (χ0v) is 18.3. The maximum absolute atomic E-state index is 3.39. The smallest absolute Gasteiger partial charge is 0.0316 e. The third-order valence-corrected chi connectivity index (χ3v) is 7.07. The van der Waals surface area contributed by atoms with E-state index in [0.717, 1.165) is 17.4 Å². The van der Waals surface area contributed by atoms with Crippen molar-refractivity contribution in [3.05, 3.63) is 58.7 Å². The van der Waals surface area contributed by atoms with Crippen LogP contribution in [0, 0.1) is 0 Å². The number of nitrogens with one attached hydrogen (secondary N) is 1. The predicted molar refractivity (Wildman–Crippen MR) is 118 cm³/mol. The van der Waals surface area contributed by atoms with E-state index in [2.05, 4.69) is 99.0 Å². The first-order valence-corrected chi connectivity index (χ1v) is 11.0. The van der Waals surface area contributed by atoms with Crippen LogP contribution in [0.3, 0.4) is 0 Å². The molecule has 3 rings (SSSR count). The van der Waals surface area contributed by atoms with Gasteiger partial charge in [0.05, 0.1) is 0 Å². The fourth-order valence-electron chi connectivity index (χ4n) is 4.07. The molecule has 0 heterocycles. The SMILES string of the molecule is CNCCC1(CI)c2cc(C(C)C)ccc2-c2ccc(C(C)C)cc21. The lowest BCUT2D eigenvalue weighted by molar-refractivity contribution is 0.529. The lowest BCUT2D eigenvalue weighted by Crippen LogP contribution is -2.31. The first kappa shape index (κ1) is 18.9. The Hall–Kier alpha value is -0.870. The van der Waals surface area contributed by atoms with Crippen LogP contribution < -0.4 is 5.32 Å². The molecule has 1 nitrogen and oxygen atoms in total. The summed E-state index contributed by atoms with van der Waals surface area (Å²) in [6, 6.07) is 14.4. The Morgan fingerprint density at radius 1 is 0.880 bits per heavy atom. The second kappa shape index (κ2) is 7.40. The number of rotatable bonds is 6. The molecule has 0 atom stereocenters. The molecule has 0 aliphatic heterocycles. The van der Waals surface area contributed by atoms with Gasteiger partial charge in [-0.05, 0) is 65.2 Å². The van der Waals surface area contributed by atoms with Crippen LogP contribution in [-0.2, 0) is 5.41 Å². The maximum atomic E-state index is 3.39. The van der Waals surface area contributed by atoms with E-state index in [1.54, 1.807) is 11.1 Å². The zero-order chi connectivity index (χ0) is 18.2. The molecule has 1 N–H and O–H groups in total. The van der Waals surface area contributed by atoms with Crippen LogP contribution in [-0.4, -0.2) is 18.0 Å². The van der Waals surface area contributed by atoms with Crippen molar-refractivity contribution >= 4 is 22.6 Å². The highest BCUT2D eigenvalue weighted by molar-refractivity contribution is 14.1. The maximum Gasteiger partial charge on any atom is 0.0316 e. The number of hydrogen-bond acceptors (Lipinski definition) is 1. The van der Waals surface area contributed by atoms with Gasteiger partial charge in [0.25, 0.3) is 0 Å². The summed E-state index contributed by atoms with van der Waals surface area (Å²) in [7, 11) is 2.06. The van der Waals surface area contributed by atoms with Gasteiger partial charge in [-0.2, -0.15) is 0 Å². The van der Waals surface area contributed by atoms with Crippen LogP contribution in [0.15, 0.2) is 36.4 Å². The number of fused-ring (bicyclic) bond motifs is 3. The van der Waals surface area contributed by atoms with Crippen molar-refractivity contribution in [2.75, 3.05) is 18.0 Å². The molecule has 0 saturated carbocycles. The number of alkyl halides is 1. The summed E-state index contributed by atoms with van der Waals surface area (Å²) in [5.74, 6) is 1.13. The Morgan fingerprint density at radius 2 is 1.36 bits per heavy atom. The molecule has 134 valence electrons. The standard InChI is InChI=1S/C23H30IN/c1-15(2)17-6-8-19-20-9-7-18(16(3)4)13-22(20)23(14-24,10-11-25-5)21(19)12-17/h6-9,12-13,15-16,25H,10-11,14H2,1-5H3. The minimum Gasteiger partial charge on any atom is -0.320 e. The average molecular weight is 447 g/mol. The van der Waals surface area contributed by atoms with Crippen molar-refractivity contribution in [1.82, 2.24) is 5.32 Å². The molecule has 2 aromatic carbocycles. The normalized spacial score (nSPS) is 14.9. The van der Waals surface area contributed by atoms with Gasteiger partial charge < -0.3 is 5.32 Å². The summed E-state index contributed by atoms with van der Waals surface area (Å²) in [5, 5.41) is 3.39. The number of benzene rings is 2. The van der Waals surface area contributed by atoms with Gasteiger partial charge in [0, 0.05) is 9.84 Å². The second-order valence-corrected chi connectivity index (χ2v) is 8.75. The highest BCUT2D eigenvalue weighted by atomic mass is 127. The van der Waals surface area contributed by atoms with Crippen LogP contribution in [0.1, 0.15) is 68.2 Å². The Kier molecular flexibility index (Phi) is 5.60. The molecule has 25 heavy (non-hydrogen) atoms. The van der Waals surface area contributed by atoms with Crippen molar-refractivity contribution < 1.29 is 0 Å². The molecular weight excluding hydrogens is 417 g/mol. The number of hydrogen-bond donors (Lipinski definition) is 1. The quantitative estimate of drug-likeness (QED) is 0.408. The molecule has 2 aromatic rings. The summed E-state index contributed by atoms with van der Waals surface area (Å²) in [5.41, 5.74) is 9.01. The highest BCUT2D eigenvalue weighted by Crippen LogP contribution is 2.52. The van der Waals surface area contributed by atoms with Crippen LogP contribution in [0.4, 0.5) is 0 Å². The lowest BCUT2D eigenvalue weighted by Gasteiger charge is -2.31. The molecule has 0 bridgehead atoms. The highest BCUT2D eigenvalue weighted by Gasteiger charge is 2.42. The van der Waals surface area contributed by atoms with Crippen LogP contribution in [0.2, 0.25) is 0 Å². The largest absolute Gasteiger partial charge is 0.320 e. The molecule has 0 unspecified atom stereocenters. The van der Waals surface area contributed by atoms with E-state index in [-0.39, 0.29) is 5.41 Å². The summed E-state index contributed by atoms with van der Waals surface area (Å²) < 4.78 is 1.12. The van der Waals surface area contributed by atoms with E-state index in [1.165, 1.54) is 22.3 Å². The predicted octanol–water partition coefficient (Wildman–Crippen LogP) is 6.24. The Balaban J connectivity index is 2.25. The van der Waals surface area contributed by atoms with Crippen LogP contribution in [0.25, 0.3) is 11.1 Å². The molecule has 2 heteroatoms. The van der Waals surface area contributed by atoms with E-state index in [9.17, 15) is 0 Å². The van der Waals surface area contributed by atoms with Crippen molar-refractivity contribution in [3.8, 4) is 11.1 Å². The fourth-order valence-corrected chi connectivity index (χ4v) is 5.27. The number of halogens is 1. The Morgan fingerprint density at radius 3 is 1.72 bits per heavy atom. The Labute approximate surface area is 166 Å². The molecule has 0 saturated heterocycles. The van der Waals surface area contributed by atoms with Crippen molar-refractivity contribution in [2.24, 2.45) is 0 Å². The van der Waals surface area contributed by atoms with Crippen LogP contribution in [0.5, 0.6) is 0 Å². The van der Waals surface area contributed by atoms with Gasteiger partial charge in [0.15, 0.2) is 0 Å². The average Bonchev–Trinajstić information content (AvgIpc) is 2.89. The fraction of sp³-hybridized carbons (Fsp3) is 0.478. The van der Waals surface area contributed by atoms with Gasteiger partial charge in [-0.1, -0.05) is 86.7 Å². The third-order valence-electron chi connectivity index (χ3n) is 5.77. The van der Waals surface area contributed by atoms with E-state index in [4.69, 9.17) is 0 Å². The van der Waals surface area contributed by atoms with E-state index >= 15 is 0 Å². The van der Waals surface area contributed by atoms with E-state index in [1.807, 2.05) is 0 Å². The molecule has 0 aromatic heterocycles.